The molecule has 2 N–H and O–H groups in total. The number of rotatable bonds is 2. The third-order valence-corrected chi connectivity index (χ3v) is 3.35. The fraction of sp³-hybridized carbons (Fsp3) is 0.900. The van der Waals surface area contributed by atoms with Gasteiger partial charge >= 0.3 is 5.97 Å². The Labute approximate surface area is 79.5 Å². The molecule has 0 amide bonds. The number of aliphatic carboxylic acids is 1. The molecule has 1 saturated carbocycles. The second-order valence-electron chi connectivity index (χ2n) is 4.80. The number of nitrogens with one attached hydrogen (secondary N) is 1. The third kappa shape index (κ3) is 2.02. The van der Waals surface area contributed by atoms with Crippen molar-refractivity contribution in [1.29, 1.82) is 0 Å². The van der Waals surface area contributed by atoms with Gasteiger partial charge in [-0.3, -0.25) is 4.79 Å². The maximum absolute atomic E-state index is 11.1. The van der Waals surface area contributed by atoms with Crippen molar-refractivity contribution < 1.29 is 9.90 Å². The molecular weight excluding hydrogens is 166 g/mol. The molecule has 3 heteroatoms. The lowest BCUT2D eigenvalue weighted by molar-refractivity contribution is -0.147. The Morgan fingerprint density at radius 3 is 2.00 bits per heavy atom. The van der Waals surface area contributed by atoms with Crippen LogP contribution in [0.3, 0.4) is 0 Å². The molecular formula is C10H19NO2. The van der Waals surface area contributed by atoms with Crippen LogP contribution in [0, 0.1) is 5.41 Å². The molecule has 76 valence electrons. The molecule has 1 aliphatic carbocycles. The van der Waals surface area contributed by atoms with E-state index in [2.05, 4.69) is 19.2 Å². The number of hydrogen-bond acceptors (Lipinski definition) is 2. The topological polar surface area (TPSA) is 49.3 Å². The summed E-state index contributed by atoms with van der Waals surface area (Å²) >= 11 is 0. The third-order valence-electron chi connectivity index (χ3n) is 3.35. The quantitative estimate of drug-likeness (QED) is 0.687. The van der Waals surface area contributed by atoms with Crippen molar-refractivity contribution in [3.8, 4) is 0 Å². The van der Waals surface area contributed by atoms with Gasteiger partial charge in [0.15, 0.2) is 0 Å². The summed E-state index contributed by atoms with van der Waals surface area (Å²) in [4.78, 5) is 11.1. The summed E-state index contributed by atoms with van der Waals surface area (Å²) in [6.07, 6.45) is 3.46. The van der Waals surface area contributed by atoms with Gasteiger partial charge in [0, 0.05) is 0 Å². The van der Waals surface area contributed by atoms with Gasteiger partial charge in [-0.1, -0.05) is 13.8 Å². The first-order valence-corrected chi connectivity index (χ1v) is 4.84. The Balaban J connectivity index is 2.69. The minimum atomic E-state index is -0.703. The fourth-order valence-electron chi connectivity index (χ4n) is 1.92. The van der Waals surface area contributed by atoms with Gasteiger partial charge in [0.25, 0.3) is 0 Å². The highest BCUT2D eigenvalue weighted by molar-refractivity contribution is 5.78. The molecule has 0 spiro atoms. The molecule has 0 unspecified atom stereocenters. The molecule has 3 nitrogen and oxygen atoms in total. The summed E-state index contributed by atoms with van der Waals surface area (Å²) < 4.78 is 0. The highest BCUT2D eigenvalue weighted by Crippen LogP contribution is 2.40. The second-order valence-corrected chi connectivity index (χ2v) is 4.80. The van der Waals surface area contributed by atoms with Crippen molar-refractivity contribution in [2.45, 2.75) is 45.1 Å². The maximum atomic E-state index is 11.1. The number of hydrogen-bond donors (Lipinski definition) is 2. The van der Waals surface area contributed by atoms with Crippen LogP contribution in [0.2, 0.25) is 0 Å². The first kappa shape index (κ1) is 10.5. The molecule has 0 atom stereocenters. The molecule has 0 aromatic carbocycles. The largest absolute Gasteiger partial charge is 0.480 e. The molecule has 0 radical (unpaired) electrons. The van der Waals surface area contributed by atoms with Crippen LogP contribution in [0.5, 0.6) is 0 Å². The summed E-state index contributed by atoms with van der Waals surface area (Å²) in [6, 6.07) is 0. The Bertz CT molecular complexity index is 201. The van der Waals surface area contributed by atoms with Crippen molar-refractivity contribution in [1.82, 2.24) is 5.32 Å². The minimum absolute atomic E-state index is 0.315. The van der Waals surface area contributed by atoms with Crippen LogP contribution in [0.4, 0.5) is 0 Å². The van der Waals surface area contributed by atoms with E-state index in [0.717, 1.165) is 25.7 Å². The number of carboxylic acid groups (broad SMARTS) is 1. The Kier molecular flexibility index (Phi) is 2.66. The Hall–Kier alpha value is -0.570. The predicted octanol–water partition coefficient (Wildman–Crippen LogP) is 1.63. The number of carbonyl (C=O) groups is 1. The lowest BCUT2D eigenvalue weighted by atomic mass is 9.69. The molecule has 13 heavy (non-hydrogen) atoms. The molecule has 1 rings (SSSR count). The number of carboxylic acids is 1. The summed E-state index contributed by atoms with van der Waals surface area (Å²) in [6.45, 7) is 4.41. The van der Waals surface area contributed by atoms with Crippen molar-refractivity contribution in [3.63, 3.8) is 0 Å². The molecule has 0 aliphatic heterocycles. The van der Waals surface area contributed by atoms with E-state index in [4.69, 9.17) is 5.11 Å². The van der Waals surface area contributed by atoms with E-state index in [1.807, 2.05) is 0 Å². The van der Waals surface area contributed by atoms with Gasteiger partial charge in [-0.25, -0.2) is 0 Å². The van der Waals surface area contributed by atoms with E-state index in [-0.39, 0.29) is 0 Å². The van der Waals surface area contributed by atoms with Crippen LogP contribution in [0.25, 0.3) is 0 Å². The second kappa shape index (κ2) is 3.29. The van der Waals surface area contributed by atoms with E-state index < -0.39 is 11.5 Å². The molecule has 0 saturated heterocycles. The zero-order chi connectivity index (χ0) is 10.1. The SMILES string of the molecule is CNC1(C(=O)O)CCC(C)(C)CC1. The highest BCUT2D eigenvalue weighted by Gasteiger charge is 2.42. The van der Waals surface area contributed by atoms with Crippen LogP contribution in [-0.4, -0.2) is 23.7 Å². The Morgan fingerprint density at radius 1 is 1.23 bits per heavy atom. The molecule has 0 aromatic rings. The van der Waals surface area contributed by atoms with E-state index in [9.17, 15) is 4.79 Å². The maximum Gasteiger partial charge on any atom is 0.323 e. The van der Waals surface area contributed by atoms with Gasteiger partial charge in [-0.15, -0.1) is 0 Å². The van der Waals surface area contributed by atoms with Gasteiger partial charge in [0.1, 0.15) is 5.54 Å². The van der Waals surface area contributed by atoms with Gasteiger partial charge in [0.2, 0.25) is 0 Å². The van der Waals surface area contributed by atoms with Crippen LogP contribution in [-0.2, 0) is 4.79 Å². The average Bonchev–Trinajstić information content (AvgIpc) is 2.05. The predicted molar refractivity (Wildman–Crippen MR) is 51.7 cm³/mol. The van der Waals surface area contributed by atoms with Crippen LogP contribution in [0.1, 0.15) is 39.5 Å². The van der Waals surface area contributed by atoms with Crippen LogP contribution >= 0.6 is 0 Å². The van der Waals surface area contributed by atoms with E-state index in [0.29, 0.717) is 5.41 Å². The van der Waals surface area contributed by atoms with Gasteiger partial charge in [-0.05, 0) is 38.1 Å². The Morgan fingerprint density at radius 2 is 1.69 bits per heavy atom. The van der Waals surface area contributed by atoms with E-state index in [1.54, 1.807) is 7.05 Å². The monoisotopic (exact) mass is 185 g/mol. The molecule has 0 bridgehead atoms. The van der Waals surface area contributed by atoms with Crippen molar-refractivity contribution in [2.75, 3.05) is 7.05 Å². The van der Waals surface area contributed by atoms with Gasteiger partial charge in [-0.2, -0.15) is 0 Å². The lowest BCUT2D eigenvalue weighted by Gasteiger charge is -2.40. The molecule has 0 aromatic heterocycles. The van der Waals surface area contributed by atoms with Crippen molar-refractivity contribution in [2.24, 2.45) is 5.41 Å². The zero-order valence-corrected chi connectivity index (χ0v) is 8.68. The van der Waals surface area contributed by atoms with Crippen molar-refractivity contribution in [3.05, 3.63) is 0 Å². The summed E-state index contributed by atoms with van der Waals surface area (Å²) in [5, 5.41) is 12.1. The average molecular weight is 185 g/mol. The normalized spacial score (nSPS) is 25.5. The fourth-order valence-corrected chi connectivity index (χ4v) is 1.92. The number of likely N-dealkylation sites (N-methyl/N-ethyl adjacent to an activating group) is 1. The van der Waals surface area contributed by atoms with Crippen LogP contribution < -0.4 is 5.32 Å². The van der Waals surface area contributed by atoms with Gasteiger partial charge < -0.3 is 10.4 Å². The highest BCUT2D eigenvalue weighted by atomic mass is 16.4. The zero-order valence-electron chi connectivity index (χ0n) is 8.68. The summed E-state index contributed by atoms with van der Waals surface area (Å²) in [7, 11) is 1.74. The molecule has 0 heterocycles. The minimum Gasteiger partial charge on any atom is -0.480 e. The van der Waals surface area contributed by atoms with Crippen LogP contribution in [0.15, 0.2) is 0 Å². The first-order valence-electron chi connectivity index (χ1n) is 4.84. The standard InChI is InChI=1S/C10H19NO2/c1-9(2)4-6-10(11-3,7-5-9)8(12)13/h11H,4-7H2,1-3H3,(H,12,13). The smallest absolute Gasteiger partial charge is 0.323 e. The first-order chi connectivity index (χ1) is 5.92. The molecule has 1 fully saturated rings. The molecule has 1 aliphatic rings. The van der Waals surface area contributed by atoms with Gasteiger partial charge in [0.05, 0.1) is 0 Å². The summed E-state index contributed by atoms with van der Waals surface area (Å²) in [5.74, 6) is -0.703. The summed E-state index contributed by atoms with van der Waals surface area (Å²) in [5.41, 5.74) is -0.342. The van der Waals surface area contributed by atoms with E-state index >= 15 is 0 Å². The van der Waals surface area contributed by atoms with Crippen molar-refractivity contribution >= 4 is 5.97 Å². The van der Waals surface area contributed by atoms with E-state index in [1.165, 1.54) is 0 Å². The lowest BCUT2D eigenvalue weighted by Crippen LogP contribution is -2.53.